The van der Waals surface area contributed by atoms with E-state index in [0.29, 0.717) is 13.0 Å². The largest absolute Gasteiger partial charge is 0.298 e. The van der Waals surface area contributed by atoms with E-state index in [2.05, 4.69) is 0 Å². The van der Waals surface area contributed by atoms with Gasteiger partial charge in [0, 0.05) is 13.0 Å². The van der Waals surface area contributed by atoms with Crippen LogP contribution in [0.15, 0.2) is 0 Å². The molecule has 2 nitrogen and oxygen atoms in total. The van der Waals surface area contributed by atoms with Crippen LogP contribution >= 0.6 is 11.8 Å². The van der Waals surface area contributed by atoms with Crippen LogP contribution in [0.1, 0.15) is 13.3 Å². The van der Waals surface area contributed by atoms with Crippen molar-refractivity contribution in [3.63, 3.8) is 0 Å². The average molecular weight is 134 g/mol. The van der Waals surface area contributed by atoms with Gasteiger partial charge in [0.15, 0.2) is 5.78 Å². The molecule has 0 aromatic carbocycles. The molecule has 0 radical (unpaired) electrons. The van der Waals surface area contributed by atoms with Gasteiger partial charge in [-0.25, -0.2) is 4.42 Å². The van der Waals surface area contributed by atoms with Gasteiger partial charge in [-0.05, 0) is 18.7 Å². The Bertz CT molecular complexity index is 115. The van der Waals surface area contributed by atoms with Gasteiger partial charge in [0.2, 0.25) is 0 Å². The Morgan fingerprint density at radius 2 is 2.50 bits per heavy atom. The number of ketones is 1. The van der Waals surface area contributed by atoms with Gasteiger partial charge < -0.3 is 0 Å². The summed E-state index contributed by atoms with van der Waals surface area (Å²) in [6.45, 7) is 2.53. The molecule has 0 saturated carbocycles. The summed E-state index contributed by atoms with van der Waals surface area (Å²) in [6.07, 6.45) is 0.616. The van der Waals surface area contributed by atoms with Crippen molar-refractivity contribution in [2.24, 2.45) is 0 Å². The molecular formula is C5H8ClNO. The third-order valence-corrected chi connectivity index (χ3v) is 1.92. The summed E-state index contributed by atoms with van der Waals surface area (Å²) in [5, 5.41) is 0. The molecule has 0 amide bonds. The van der Waals surface area contributed by atoms with Gasteiger partial charge >= 0.3 is 0 Å². The molecule has 1 heterocycles. The van der Waals surface area contributed by atoms with Crippen LogP contribution in [0.5, 0.6) is 0 Å². The molecule has 1 rings (SSSR count). The molecule has 1 unspecified atom stereocenters. The number of hydrogen-bond acceptors (Lipinski definition) is 2. The third kappa shape index (κ3) is 0.858. The van der Waals surface area contributed by atoms with Crippen molar-refractivity contribution in [1.82, 2.24) is 4.42 Å². The van der Waals surface area contributed by atoms with Crippen molar-refractivity contribution in [3.8, 4) is 0 Å². The molecule has 3 heteroatoms. The summed E-state index contributed by atoms with van der Waals surface area (Å²) in [5.41, 5.74) is 0. The van der Waals surface area contributed by atoms with Crippen LogP contribution in [-0.2, 0) is 4.79 Å². The van der Waals surface area contributed by atoms with E-state index in [-0.39, 0.29) is 11.8 Å². The highest BCUT2D eigenvalue weighted by molar-refractivity contribution is 6.16. The monoisotopic (exact) mass is 133 g/mol. The zero-order valence-electron chi connectivity index (χ0n) is 4.72. The summed E-state index contributed by atoms with van der Waals surface area (Å²) in [5.74, 6) is 0.250. The zero-order chi connectivity index (χ0) is 6.15. The highest BCUT2D eigenvalue weighted by Gasteiger charge is 2.26. The first-order chi connectivity index (χ1) is 3.72. The lowest BCUT2D eigenvalue weighted by Crippen LogP contribution is -2.20. The zero-order valence-corrected chi connectivity index (χ0v) is 5.48. The maximum absolute atomic E-state index is 10.7. The van der Waals surface area contributed by atoms with Crippen LogP contribution in [-0.4, -0.2) is 22.8 Å². The number of carbonyl (C=O) groups excluding carboxylic acids is 1. The van der Waals surface area contributed by atoms with E-state index in [9.17, 15) is 4.79 Å². The second-order valence-electron chi connectivity index (χ2n) is 2.02. The average Bonchev–Trinajstić information content (AvgIpc) is 1.98. The summed E-state index contributed by atoms with van der Waals surface area (Å²) >= 11 is 5.57. The molecule has 1 saturated heterocycles. The topological polar surface area (TPSA) is 20.3 Å². The molecule has 8 heavy (non-hydrogen) atoms. The fraction of sp³-hybridized carbons (Fsp3) is 0.800. The van der Waals surface area contributed by atoms with Crippen LogP contribution in [0.2, 0.25) is 0 Å². The fourth-order valence-corrected chi connectivity index (χ4v) is 0.969. The van der Waals surface area contributed by atoms with E-state index in [0.717, 1.165) is 0 Å². The number of halogens is 1. The predicted molar refractivity (Wildman–Crippen MR) is 31.6 cm³/mol. The highest BCUT2D eigenvalue weighted by atomic mass is 35.5. The second kappa shape index (κ2) is 2.03. The van der Waals surface area contributed by atoms with E-state index in [1.54, 1.807) is 4.42 Å². The lowest BCUT2D eigenvalue weighted by molar-refractivity contribution is -0.118. The smallest absolute Gasteiger partial charge is 0.152 e. The molecule has 0 N–H and O–H groups in total. The van der Waals surface area contributed by atoms with Gasteiger partial charge in [-0.3, -0.25) is 4.79 Å². The lowest BCUT2D eigenvalue weighted by atomic mass is 10.2. The molecule has 0 aliphatic carbocycles. The molecule has 0 aromatic heterocycles. The Morgan fingerprint density at radius 3 is 2.62 bits per heavy atom. The van der Waals surface area contributed by atoms with E-state index < -0.39 is 0 Å². The van der Waals surface area contributed by atoms with Crippen LogP contribution in [0.4, 0.5) is 0 Å². The molecule has 0 spiro atoms. The molecule has 1 aliphatic rings. The van der Waals surface area contributed by atoms with Crippen molar-refractivity contribution >= 4 is 17.6 Å². The first-order valence-corrected chi connectivity index (χ1v) is 3.01. The first kappa shape index (κ1) is 6.05. The minimum absolute atomic E-state index is 0.0586. The van der Waals surface area contributed by atoms with Crippen molar-refractivity contribution in [2.75, 3.05) is 6.54 Å². The molecule has 0 bridgehead atoms. The lowest BCUT2D eigenvalue weighted by Gasteiger charge is -2.06. The quantitative estimate of drug-likeness (QED) is 0.456. The predicted octanol–water partition coefficient (Wildman–Crippen LogP) is 0.803. The van der Waals surface area contributed by atoms with Crippen LogP contribution < -0.4 is 0 Å². The number of hydrogen-bond donors (Lipinski definition) is 0. The van der Waals surface area contributed by atoms with Crippen molar-refractivity contribution in [1.29, 1.82) is 0 Å². The van der Waals surface area contributed by atoms with Crippen LogP contribution in [0.25, 0.3) is 0 Å². The normalized spacial score (nSPS) is 31.8. The fourth-order valence-electron chi connectivity index (χ4n) is 0.776. The van der Waals surface area contributed by atoms with Crippen molar-refractivity contribution in [2.45, 2.75) is 19.4 Å². The Morgan fingerprint density at radius 1 is 1.88 bits per heavy atom. The van der Waals surface area contributed by atoms with Crippen LogP contribution in [0.3, 0.4) is 0 Å². The van der Waals surface area contributed by atoms with E-state index >= 15 is 0 Å². The summed E-state index contributed by atoms with van der Waals surface area (Å²) < 4.78 is 1.54. The molecule has 1 aliphatic heterocycles. The third-order valence-electron chi connectivity index (χ3n) is 1.46. The van der Waals surface area contributed by atoms with Crippen molar-refractivity contribution < 1.29 is 4.79 Å². The van der Waals surface area contributed by atoms with Gasteiger partial charge in [0.1, 0.15) is 0 Å². The summed E-state index contributed by atoms with van der Waals surface area (Å²) in [4.78, 5) is 10.7. The highest BCUT2D eigenvalue weighted by Crippen LogP contribution is 2.14. The maximum atomic E-state index is 10.7. The maximum Gasteiger partial charge on any atom is 0.152 e. The molecule has 0 aromatic rings. The number of nitrogens with zero attached hydrogens (tertiary/aromatic N) is 1. The minimum atomic E-state index is -0.0586. The Kier molecular flexibility index (Phi) is 1.54. The van der Waals surface area contributed by atoms with E-state index in [1.807, 2.05) is 6.92 Å². The molecule has 1 atom stereocenters. The van der Waals surface area contributed by atoms with Gasteiger partial charge in [0.05, 0.1) is 6.04 Å². The van der Waals surface area contributed by atoms with Gasteiger partial charge in [-0.2, -0.15) is 0 Å². The Labute approximate surface area is 53.5 Å². The van der Waals surface area contributed by atoms with E-state index in [1.165, 1.54) is 0 Å². The molecular weight excluding hydrogens is 126 g/mol. The standard InChI is InChI=1S/C5H8ClNO/c1-4-5(8)2-3-7(4)6/h4H,2-3H2,1H3. The minimum Gasteiger partial charge on any atom is -0.298 e. The van der Waals surface area contributed by atoms with E-state index in [4.69, 9.17) is 11.8 Å². The summed E-state index contributed by atoms with van der Waals surface area (Å²) in [7, 11) is 0. The van der Waals surface area contributed by atoms with Crippen LogP contribution in [0, 0.1) is 0 Å². The Hall–Kier alpha value is -0.0800. The first-order valence-electron chi connectivity index (χ1n) is 2.67. The van der Waals surface area contributed by atoms with Gasteiger partial charge in [0.25, 0.3) is 0 Å². The Balaban J connectivity index is 2.56. The SMILES string of the molecule is CC1C(=O)CCN1Cl. The van der Waals surface area contributed by atoms with Gasteiger partial charge in [-0.1, -0.05) is 0 Å². The van der Waals surface area contributed by atoms with Gasteiger partial charge in [-0.15, -0.1) is 0 Å². The number of carbonyl (C=O) groups is 1. The second-order valence-corrected chi connectivity index (χ2v) is 2.45. The number of Topliss-reactive ketones (excluding diaryl/α,β-unsaturated/α-hetero) is 1. The summed E-state index contributed by atoms with van der Waals surface area (Å²) in [6, 6.07) is -0.0586. The molecule has 46 valence electrons. The number of rotatable bonds is 0. The molecule has 1 fully saturated rings. The van der Waals surface area contributed by atoms with Crippen molar-refractivity contribution in [3.05, 3.63) is 0 Å².